The SMILES string of the molecule is O=C(Cc1cccc(F)c1)NCC(c1ccccc1Cl)N1CCOCC1. The number of benzene rings is 2. The third-order valence-electron chi connectivity index (χ3n) is 4.50. The average Bonchev–Trinajstić information content (AvgIpc) is 2.64. The second-order valence-electron chi connectivity index (χ2n) is 6.30. The van der Waals surface area contributed by atoms with Gasteiger partial charge in [-0.15, -0.1) is 0 Å². The molecule has 1 fully saturated rings. The molecule has 3 rings (SSSR count). The Hall–Kier alpha value is -1.95. The Morgan fingerprint density at radius 3 is 2.69 bits per heavy atom. The summed E-state index contributed by atoms with van der Waals surface area (Å²) in [6, 6.07) is 13.8. The first kappa shape index (κ1) is 18.8. The van der Waals surface area contributed by atoms with E-state index in [4.69, 9.17) is 16.3 Å². The Bertz CT molecular complexity index is 750. The fourth-order valence-corrected chi connectivity index (χ4v) is 3.44. The largest absolute Gasteiger partial charge is 0.379 e. The van der Waals surface area contributed by atoms with Gasteiger partial charge in [0.25, 0.3) is 0 Å². The van der Waals surface area contributed by atoms with E-state index in [2.05, 4.69) is 10.2 Å². The van der Waals surface area contributed by atoms with Gasteiger partial charge in [-0.05, 0) is 29.3 Å². The maximum Gasteiger partial charge on any atom is 0.224 e. The van der Waals surface area contributed by atoms with Crippen LogP contribution in [0.4, 0.5) is 4.39 Å². The molecule has 0 aromatic heterocycles. The lowest BCUT2D eigenvalue weighted by Crippen LogP contribution is -2.44. The van der Waals surface area contributed by atoms with Gasteiger partial charge < -0.3 is 10.1 Å². The summed E-state index contributed by atoms with van der Waals surface area (Å²) in [5.74, 6) is -0.474. The van der Waals surface area contributed by atoms with E-state index in [0.717, 1.165) is 18.7 Å². The average molecular weight is 377 g/mol. The number of nitrogens with zero attached hydrogens (tertiary/aromatic N) is 1. The van der Waals surface area contributed by atoms with Crippen molar-refractivity contribution >= 4 is 17.5 Å². The van der Waals surface area contributed by atoms with Crippen LogP contribution in [0, 0.1) is 5.82 Å². The van der Waals surface area contributed by atoms with Crippen molar-refractivity contribution in [1.82, 2.24) is 10.2 Å². The molecular formula is C20H22ClFN2O2. The topological polar surface area (TPSA) is 41.6 Å². The molecule has 0 saturated carbocycles. The van der Waals surface area contributed by atoms with Crippen molar-refractivity contribution in [1.29, 1.82) is 0 Å². The molecule has 4 nitrogen and oxygen atoms in total. The van der Waals surface area contributed by atoms with Crippen LogP contribution in [-0.2, 0) is 16.0 Å². The van der Waals surface area contributed by atoms with Crippen LogP contribution < -0.4 is 5.32 Å². The van der Waals surface area contributed by atoms with Gasteiger partial charge in [-0.3, -0.25) is 9.69 Å². The Morgan fingerprint density at radius 1 is 1.19 bits per heavy atom. The highest BCUT2D eigenvalue weighted by atomic mass is 35.5. The Kier molecular flexibility index (Phi) is 6.61. The van der Waals surface area contributed by atoms with E-state index in [1.807, 2.05) is 24.3 Å². The maximum absolute atomic E-state index is 13.3. The third-order valence-corrected chi connectivity index (χ3v) is 4.84. The third kappa shape index (κ3) is 5.04. The first-order valence-electron chi connectivity index (χ1n) is 8.71. The molecule has 1 aliphatic heterocycles. The first-order valence-corrected chi connectivity index (χ1v) is 9.08. The van der Waals surface area contributed by atoms with Crippen LogP contribution in [0.3, 0.4) is 0 Å². The highest BCUT2D eigenvalue weighted by Crippen LogP contribution is 2.27. The van der Waals surface area contributed by atoms with E-state index in [1.54, 1.807) is 12.1 Å². The standard InChI is InChI=1S/C20H22ClFN2O2/c21-18-7-2-1-6-17(18)19(24-8-10-26-11-9-24)14-23-20(25)13-15-4-3-5-16(22)12-15/h1-7,12,19H,8-11,13-14H2,(H,23,25). The predicted molar refractivity (Wildman–Crippen MR) is 99.7 cm³/mol. The van der Waals surface area contributed by atoms with E-state index in [-0.39, 0.29) is 24.2 Å². The highest BCUT2D eigenvalue weighted by molar-refractivity contribution is 6.31. The number of nitrogens with one attached hydrogen (secondary N) is 1. The van der Waals surface area contributed by atoms with Crippen molar-refractivity contribution in [3.05, 3.63) is 70.5 Å². The number of amides is 1. The lowest BCUT2D eigenvalue weighted by molar-refractivity contribution is -0.120. The van der Waals surface area contributed by atoms with Gasteiger partial charge in [0.2, 0.25) is 5.91 Å². The van der Waals surface area contributed by atoms with Crippen LogP contribution in [0.5, 0.6) is 0 Å². The van der Waals surface area contributed by atoms with Gasteiger partial charge in [-0.25, -0.2) is 4.39 Å². The van der Waals surface area contributed by atoms with Crippen LogP contribution in [0.15, 0.2) is 48.5 Å². The molecule has 26 heavy (non-hydrogen) atoms. The number of halogens is 2. The molecule has 1 aliphatic rings. The summed E-state index contributed by atoms with van der Waals surface area (Å²) < 4.78 is 18.7. The maximum atomic E-state index is 13.3. The molecule has 2 aromatic carbocycles. The molecule has 1 unspecified atom stereocenters. The summed E-state index contributed by atoms with van der Waals surface area (Å²) >= 11 is 6.39. The van der Waals surface area contributed by atoms with Gasteiger partial charge in [0.05, 0.1) is 25.7 Å². The quantitative estimate of drug-likeness (QED) is 0.841. The van der Waals surface area contributed by atoms with E-state index < -0.39 is 0 Å². The highest BCUT2D eigenvalue weighted by Gasteiger charge is 2.24. The van der Waals surface area contributed by atoms with Crippen LogP contribution >= 0.6 is 11.6 Å². The summed E-state index contributed by atoms with van der Waals surface area (Å²) in [5.41, 5.74) is 1.64. The fourth-order valence-electron chi connectivity index (χ4n) is 3.18. The van der Waals surface area contributed by atoms with Crippen molar-refractivity contribution < 1.29 is 13.9 Å². The summed E-state index contributed by atoms with van der Waals surface area (Å²) in [6.45, 7) is 3.35. The zero-order valence-corrected chi connectivity index (χ0v) is 15.2. The molecule has 1 saturated heterocycles. The van der Waals surface area contributed by atoms with Crippen molar-refractivity contribution in [2.45, 2.75) is 12.5 Å². The Morgan fingerprint density at radius 2 is 1.96 bits per heavy atom. The number of carbonyl (C=O) groups excluding carboxylic acids is 1. The molecule has 0 bridgehead atoms. The van der Waals surface area contributed by atoms with Gasteiger partial charge in [-0.1, -0.05) is 41.9 Å². The zero-order valence-electron chi connectivity index (χ0n) is 14.5. The number of hydrogen-bond acceptors (Lipinski definition) is 3. The summed E-state index contributed by atoms with van der Waals surface area (Å²) in [6.07, 6.45) is 0.149. The van der Waals surface area contributed by atoms with Crippen LogP contribution in [0.2, 0.25) is 5.02 Å². The second-order valence-corrected chi connectivity index (χ2v) is 6.70. The monoisotopic (exact) mass is 376 g/mol. The van der Waals surface area contributed by atoms with E-state index >= 15 is 0 Å². The minimum absolute atomic E-state index is 0.0240. The van der Waals surface area contributed by atoms with Gasteiger partial charge in [-0.2, -0.15) is 0 Å². The molecule has 1 heterocycles. The molecule has 1 N–H and O–H groups in total. The second kappa shape index (κ2) is 9.12. The molecule has 0 spiro atoms. The number of carbonyl (C=O) groups is 1. The van der Waals surface area contributed by atoms with E-state index in [9.17, 15) is 9.18 Å². The van der Waals surface area contributed by atoms with E-state index in [0.29, 0.717) is 30.3 Å². The van der Waals surface area contributed by atoms with Crippen molar-refractivity contribution in [3.8, 4) is 0 Å². The molecule has 1 amide bonds. The van der Waals surface area contributed by atoms with Crippen LogP contribution in [0.1, 0.15) is 17.2 Å². The van der Waals surface area contributed by atoms with Crippen LogP contribution in [0.25, 0.3) is 0 Å². The van der Waals surface area contributed by atoms with Gasteiger partial charge in [0.1, 0.15) is 5.82 Å². The molecule has 1 atom stereocenters. The first-order chi connectivity index (χ1) is 12.6. The molecule has 2 aromatic rings. The van der Waals surface area contributed by atoms with Gasteiger partial charge >= 0.3 is 0 Å². The number of ether oxygens (including phenoxy) is 1. The van der Waals surface area contributed by atoms with Crippen molar-refractivity contribution in [2.24, 2.45) is 0 Å². The number of rotatable bonds is 6. The summed E-state index contributed by atoms with van der Waals surface area (Å²) in [5, 5.41) is 3.65. The van der Waals surface area contributed by atoms with E-state index in [1.165, 1.54) is 12.1 Å². The molecule has 6 heteroatoms. The normalized spacial score (nSPS) is 16.2. The smallest absolute Gasteiger partial charge is 0.224 e. The summed E-state index contributed by atoms with van der Waals surface area (Å²) in [7, 11) is 0. The minimum atomic E-state index is -0.336. The molecule has 138 valence electrons. The fraction of sp³-hybridized carbons (Fsp3) is 0.350. The molecule has 0 radical (unpaired) electrons. The minimum Gasteiger partial charge on any atom is -0.379 e. The van der Waals surface area contributed by atoms with Gasteiger partial charge in [0.15, 0.2) is 0 Å². The Balaban J connectivity index is 1.67. The molecular weight excluding hydrogens is 355 g/mol. The lowest BCUT2D eigenvalue weighted by atomic mass is 10.0. The summed E-state index contributed by atoms with van der Waals surface area (Å²) in [4.78, 5) is 14.6. The zero-order chi connectivity index (χ0) is 18.4. The molecule has 0 aliphatic carbocycles. The van der Waals surface area contributed by atoms with Crippen molar-refractivity contribution in [2.75, 3.05) is 32.8 Å². The van der Waals surface area contributed by atoms with Crippen molar-refractivity contribution in [3.63, 3.8) is 0 Å². The Labute approximate surface area is 157 Å². The van der Waals surface area contributed by atoms with Crippen LogP contribution in [-0.4, -0.2) is 43.7 Å². The number of morpholine rings is 1. The number of hydrogen-bond donors (Lipinski definition) is 1. The predicted octanol–water partition coefficient (Wildman–Crippen LogP) is 3.21. The lowest BCUT2D eigenvalue weighted by Gasteiger charge is -2.35. The van der Waals surface area contributed by atoms with Gasteiger partial charge in [0, 0.05) is 24.7 Å².